The van der Waals surface area contributed by atoms with Gasteiger partial charge in [-0.1, -0.05) is 75.4 Å². The number of nitrogens with one attached hydrogen (secondary N) is 2. The van der Waals surface area contributed by atoms with E-state index in [0.29, 0.717) is 57.2 Å². The van der Waals surface area contributed by atoms with Gasteiger partial charge in [0, 0.05) is 18.7 Å². The number of ether oxygens (including phenoxy) is 2. The Labute approximate surface area is 214 Å². The summed E-state index contributed by atoms with van der Waals surface area (Å²) in [6.45, 7) is 10.9. The zero-order valence-electron chi connectivity index (χ0n) is 20.9. The van der Waals surface area contributed by atoms with Crippen molar-refractivity contribution in [2.24, 2.45) is 0 Å². The maximum atomic E-state index is 5.60. The van der Waals surface area contributed by atoms with Crippen LogP contribution in [0.3, 0.4) is 0 Å². The Kier molecular flexibility index (Phi) is 11.9. The number of halogens is 1. The lowest BCUT2D eigenvalue weighted by Crippen LogP contribution is -3.00. The summed E-state index contributed by atoms with van der Waals surface area (Å²) in [5.74, 6) is 1.66. The summed E-state index contributed by atoms with van der Waals surface area (Å²) in [6, 6.07) is 18.6. The quantitative estimate of drug-likeness (QED) is 0.286. The fourth-order valence-electron chi connectivity index (χ4n) is 3.22. The summed E-state index contributed by atoms with van der Waals surface area (Å²) in [7, 11) is 0. The highest BCUT2D eigenvalue weighted by Crippen LogP contribution is 2.25. The molecule has 0 saturated heterocycles. The molecule has 0 atom stereocenters. The number of rotatable bonds is 13. The molecule has 0 aliphatic rings. The zero-order chi connectivity index (χ0) is 24.2. The summed E-state index contributed by atoms with van der Waals surface area (Å²) in [5.41, 5.74) is 7.20. The van der Waals surface area contributed by atoms with Crippen LogP contribution in [0.2, 0.25) is 0 Å². The van der Waals surface area contributed by atoms with Gasteiger partial charge in [-0.05, 0) is 16.5 Å². The van der Waals surface area contributed by atoms with E-state index in [1.165, 1.54) is 5.56 Å². The van der Waals surface area contributed by atoms with Gasteiger partial charge in [0.15, 0.2) is 5.82 Å². The lowest BCUT2D eigenvalue weighted by Gasteiger charge is -2.19. The zero-order valence-corrected chi connectivity index (χ0v) is 21.6. The molecule has 35 heavy (non-hydrogen) atoms. The van der Waals surface area contributed by atoms with E-state index in [9.17, 15) is 0 Å². The van der Waals surface area contributed by atoms with E-state index < -0.39 is 0 Å². The van der Waals surface area contributed by atoms with Crippen LogP contribution in [0.5, 0.6) is 0 Å². The normalized spacial score (nSPS) is 11.1. The molecule has 3 rings (SSSR count). The number of quaternary nitrogens is 1. The summed E-state index contributed by atoms with van der Waals surface area (Å²) in [4.78, 5) is 13.9. The maximum absolute atomic E-state index is 5.60. The fourth-order valence-corrected chi connectivity index (χ4v) is 3.22. The van der Waals surface area contributed by atoms with Crippen LogP contribution in [-0.4, -0.2) is 54.5 Å². The van der Waals surface area contributed by atoms with Gasteiger partial charge in [0.1, 0.15) is 0 Å². The van der Waals surface area contributed by atoms with Crippen LogP contribution in [0.25, 0.3) is 11.4 Å². The minimum Gasteiger partial charge on any atom is -1.00 e. The number of hydrogen-bond donors (Lipinski definition) is 3. The predicted molar refractivity (Wildman–Crippen MR) is 136 cm³/mol. The van der Waals surface area contributed by atoms with Gasteiger partial charge < -0.3 is 38.2 Å². The molecule has 0 unspecified atom stereocenters. The minimum absolute atomic E-state index is 0. The first-order valence-electron chi connectivity index (χ1n) is 11.8. The Morgan fingerprint density at radius 2 is 1.40 bits per heavy atom. The number of anilines is 2. The molecular weight excluding hydrogens is 464 g/mol. The van der Waals surface area contributed by atoms with Gasteiger partial charge in [-0.3, -0.25) is 0 Å². The van der Waals surface area contributed by atoms with Gasteiger partial charge in [0.25, 0.3) is 0 Å². The summed E-state index contributed by atoms with van der Waals surface area (Å²) >= 11 is 0. The number of hydrogen-bond acceptors (Lipinski definition) is 7. The van der Waals surface area contributed by atoms with Gasteiger partial charge >= 0.3 is 0 Å². The van der Waals surface area contributed by atoms with Gasteiger partial charge in [-0.25, -0.2) is 0 Å². The van der Waals surface area contributed by atoms with Crippen LogP contribution >= 0.6 is 0 Å². The summed E-state index contributed by atoms with van der Waals surface area (Å²) in [5, 5.41) is 6.58. The first-order chi connectivity index (χ1) is 16.5. The first-order valence-corrected chi connectivity index (χ1v) is 11.8. The molecule has 0 spiro atoms. The molecule has 2 aromatic carbocycles. The van der Waals surface area contributed by atoms with E-state index in [4.69, 9.17) is 9.47 Å². The van der Waals surface area contributed by atoms with Crippen LogP contribution in [0.4, 0.5) is 11.9 Å². The van der Waals surface area contributed by atoms with E-state index in [1.54, 1.807) is 0 Å². The molecule has 0 fully saturated rings. The fraction of sp³-hybridized carbons (Fsp3) is 0.423. The van der Waals surface area contributed by atoms with E-state index in [2.05, 4.69) is 88.5 Å². The Morgan fingerprint density at radius 1 is 0.771 bits per heavy atom. The van der Waals surface area contributed by atoms with Crippen molar-refractivity contribution in [1.29, 1.82) is 0 Å². The third-order valence-corrected chi connectivity index (χ3v) is 5.13. The molecule has 0 radical (unpaired) electrons. The van der Waals surface area contributed by atoms with Gasteiger partial charge in [0.2, 0.25) is 11.9 Å². The number of nitrogens with zero attached hydrogens (tertiary/aromatic N) is 3. The molecule has 0 aliphatic heterocycles. The molecule has 5 N–H and O–H groups in total. The SMILES string of the molecule is CC(C)(C)c1ccc(-c2nc(NCCOCCOCC[NH3+])nc(NCc3ccccc3)n2)cc1.[Cl-]. The van der Waals surface area contributed by atoms with E-state index in [1.807, 2.05) is 18.2 Å². The standard InChI is InChI=1S/C26H36N6O2.ClH/c1-26(2,3)22-11-9-21(10-12-22)23-30-24(28-14-16-34-18-17-33-15-13-27)32-25(31-23)29-19-20-7-5-4-6-8-20;/h4-12H,13-19,27H2,1-3H3,(H2,28,29,30,31,32);1H. The third kappa shape index (κ3) is 9.78. The molecule has 0 aliphatic carbocycles. The number of aromatic nitrogens is 3. The van der Waals surface area contributed by atoms with Crippen molar-refractivity contribution < 1.29 is 27.6 Å². The average molecular weight is 501 g/mol. The largest absolute Gasteiger partial charge is 1.00 e. The molecule has 9 heteroatoms. The Hall–Kier alpha value is -2.78. The molecular formula is C26H37ClN6O2. The van der Waals surface area contributed by atoms with E-state index in [-0.39, 0.29) is 17.8 Å². The molecule has 0 saturated carbocycles. The third-order valence-electron chi connectivity index (χ3n) is 5.13. The van der Waals surface area contributed by atoms with Crippen molar-refractivity contribution >= 4 is 11.9 Å². The van der Waals surface area contributed by atoms with Crippen LogP contribution in [0.1, 0.15) is 31.9 Å². The van der Waals surface area contributed by atoms with Crippen molar-refractivity contribution in [2.75, 3.05) is 50.2 Å². The van der Waals surface area contributed by atoms with Crippen LogP contribution in [0, 0.1) is 0 Å². The van der Waals surface area contributed by atoms with Crippen LogP contribution < -0.4 is 28.8 Å². The predicted octanol–water partition coefficient (Wildman–Crippen LogP) is 0.139. The molecule has 1 heterocycles. The van der Waals surface area contributed by atoms with Crippen LogP contribution in [-0.2, 0) is 21.4 Å². The van der Waals surface area contributed by atoms with Crippen LogP contribution in [0.15, 0.2) is 54.6 Å². The van der Waals surface area contributed by atoms with E-state index >= 15 is 0 Å². The average Bonchev–Trinajstić information content (AvgIpc) is 2.84. The maximum Gasteiger partial charge on any atom is 0.228 e. The highest BCUT2D eigenvalue weighted by Gasteiger charge is 2.14. The monoisotopic (exact) mass is 500 g/mol. The van der Waals surface area contributed by atoms with E-state index in [0.717, 1.165) is 17.7 Å². The Morgan fingerprint density at radius 3 is 2.03 bits per heavy atom. The Bertz CT molecular complexity index is 997. The van der Waals surface area contributed by atoms with Crippen molar-refractivity contribution in [1.82, 2.24) is 15.0 Å². The molecule has 8 nitrogen and oxygen atoms in total. The molecule has 3 aromatic rings. The van der Waals surface area contributed by atoms with Gasteiger partial charge in [0.05, 0.1) is 33.0 Å². The van der Waals surface area contributed by atoms with Gasteiger partial charge in [-0.15, -0.1) is 0 Å². The second-order valence-electron chi connectivity index (χ2n) is 8.98. The summed E-state index contributed by atoms with van der Waals surface area (Å²) in [6.07, 6.45) is 0. The smallest absolute Gasteiger partial charge is 0.228 e. The Balaban J connectivity index is 0.00000432. The molecule has 0 bridgehead atoms. The molecule has 0 amide bonds. The highest BCUT2D eigenvalue weighted by molar-refractivity contribution is 5.59. The first kappa shape index (κ1) is 28.5. The second-order valence-corrected chi connectivity index (χ2v) is 8.98. The van der Waals surface area contributed by atoms with Crippen molar-refractivity contribution in [3.8, 4) is 11.4 Å². The van der Waals surface area contributed by atoms with Crippen molar-refractivity contribution in [2.45, 2.75) is 32.7 Å². The topological polar surface area (TPSA) is 109 Å². The second kappa shape index (κ2) is 14.6. The highest BCUT2D eigenvalue weighted by atomic mass is 35.5. The molecule has 190 valence electrons. The number of benzene rings is 2. The van der Waals surface area contributed by atoms with Gasteiger partial charge in [-0.2, -0.15) is 15.0 Å². The summed E-state index contributed by atoms with van der Waals surface area (Å²) < 4.78 is 11.0. The lowest BCUT2D eigenvalue weighted by molar-refractivity contribution is -0.374. The minimum atomic E-state index is 0. The van der Waals surface area contributed by atoms with Crippen molar-refractivity contribution in [3.63, 3.8) is 0 Å². The molecule has 1 aromatic heterocycles. The van der Waals surface area contributed by atoms with Crippen molar-refractivity contribution in [3.05, 3.63) is 65.7 Å². The lowest BCUT2D eigenvalue weighted by atomic mass is 9.87.